The first-order valence-electron chi connectivity index (χ1n) is 8.07. The molecule has 2 aromatic rings. The number of ether oxygens (including phenoxy) is 1. The predicted octanol–water partition coefficient (Wildman–Crippen LogP) is 2.01. The second kappa shape index (κ2) is 8.23. The molecule has 2 heterocycles. The minimum atomic E-state index is -3.85. The molecule has 0 aliphatic carbocycles. The van der Waals surface area contributed by atoms with E-state index in [9.17, 15) is 18.5 Å². The van der Waals surface area contributed by atoms with Crippen molar-refractivity contribution in [1.29, 1.82) is 0 Å². The van der Waals surface area contributed by atoms with Crippen molar-refractivity contribution in [2.45, 2.75) is 10.9 Å². The second-order valence-corrected chi connectivity index (χ2v) is 8.53. The third kappa shape index (κ3) is 4.46. The molecule has 1 atom stereocenters. The van der Waals surface area contributed by atoms with Gasteiger partial charge in [-0.2, -0.15) is 0 Å². The number of hydrogen-bond acceptors (Lipinski definition) is 7. The highest BCUT2D eigenvalue weighted by molar-refractivity contribution is 7.89. The molecular weight excluding hydrogens is 378 g/mol. The first-order chi connectivity index (χ1) is 12.5. The normalized spacial score (nSPS) is 17.1. The van der Waals surface area contributed by atoms with E-state index in [2.05, 4.69) is 9.62 Å². The van der Waals surface area contributed by atoms with Crippen molar-refractivity contribution >= 4 is 27.0 Å². The molecule has 26 heavy (non-hydrogen) atoms. The van der Waals surface area contributed by atoms with Gasteiger partial charge in [0.2, 0.25) is 10.0 Å². The molecule has 0 amide bonds. The number of nitro groups is 1. The van der Waals surface area contributed by atoms with E-state index in [0.29, 0.717) is 13.2 Å². The summed E-state index contributed by atoms with van der Waals surface area (Å²) in [5.74, 6) is 0. The lowest BCUT2D eigenvalue weighted by Gasteiger charge is -2.34. The summed E-state index contributed by atoms with van der Waals surface area (Å²) in [6.07, 6.45) is 0. The second-order valence-electron chi connectivity index (χ2n) is 5.79. The first kappa shape index (κ1) is 18.9. The highest BCUT2D eigenvalue weighted by atomic mass is 32.2. The third-order valence-electron chi connectivity index (χ3n) is 4.16. The van der Waals surface area contributed by atoms with Gasteiger partial charge in [0.05, 0.1) is 29.1 Å². The Morgan fingerprint density at radius 1 is 1.27 bits per heavy atom. The average Bonchev–Trinajstić information content (AvgIpc) is 3.17. The largest absolute Gasteiger partial charge is 0.379 e. The van der Waals surface area contributed by atoms with Crippen LogP contribution in [0, 0.1) is 10.1 Å². The minimum absolute atomic E-state index is 0.104. The number of non-ortho nitro benzene ring substituents is 1. The van der Waals surface area contributed by atoms with Crippen molar-refractivity contribution in [2.24, 2.45) is 0 Å². The monoisotopic (exact) mass is 397 g/mol. The number of rotatable bonds is 7. The highest BCUT2D eigenvalue weighted by Crippen LogP contribution is 2.26. The van der Waals surface area contributed by atoms with Crippen LogP contribution < -0.4 is 4.72 Å². The van der Waals surface area contributed by atoms with Gasteiger partial charge in [0.25, 0.3) is 5.69 Å². The standard InChI is InChI=1S/C16H19N3O5S2/c20-19(21)13-3-1-4-14(11-13)26(22,23)17-12-15(16-5-2-10-25-16)18-6-8-24-9-7-18/h1-5,10-11,15,17H,6-9,12H2/t15-/m0/s1. The molecule has 1 aliphatic rings. The SMILES string of the molecule is O=[N+]([O-])c1cccc(S(=O)(=O)NC[C@@H](c2cccs2)N2CCOCC2)c1. The van der Waals surface area contributed by atoms with Gasteiger partial charge in [-0.05, 0) is 17.5 Å². The van der Waals surface area contributed by atoms with Crippen LogP contribution in [0.3, 0.4) is 0 Å². The quantitative estimate of drug-likeness (QED) is 0.566. The number of sulfonamides is 1. The molecule has 3 rings (SSSR count). The molecule has 140 valence electrons. The zero-order chi connectivity index (χ0) is 18.6. The molecule has 1 aliphatic heterocycles. The number of nitro benzene ring substituents is 1. The maximum absolute atomic E-state index is 12.6. The fraction of sp³-hybridized carbons (Fsp3) is 0.375. The summed E-state index contributed by atoms with van der Waals surface area (Å²) < 4.78 is 33.2. The number of nitrogens with zero attached hydrogens (tertiary/aromatic N) is 2. The Labute approximate surface area is 155 Å². The van der Waals surface area contributed by atoms with Crippen LogP contribution in [0.1, 0.15) is 10.9 Å². The van der Waals surface area contributed by atoms with Crippen molar-refractivity contribution in [1.82, 2.24) is 9.62 Å². The van der Waals surface area contributed by atoms with Gasteiger partial charge >= 0.3 is 0 Å². The molecule has 1 aromatic carbocycles. The lowest BCUT2D eigenvalue weighted by molar-refractivity contribution is -0.385. The van der Waals surface area contributed by atoms with Gasteiger partial charge in [0.1, 0.15) is 0 Å². The zero-order valence-electron chi connectivity index (χ0n) is 13.9. The van der Waals surface area contributed by atoms with Crippen molar-refractivity contribution < 1.29 is 18.1 Å². The molecule has 1 aromatic heterocycles. The van der Waals surface area contributed by atoms with Crippen molar-refractivity contribution in [2.75, 3.05) is 32.8 Å². The lowest BCUT2D eigenvalue weighted by Crippen LogP contribution is -2.43. The highest BCUT2D eigenvalue weighted by Gasteiger charge is 2.26. The van der Waals surface area contributed by atoms with Crippen molar-refractivity contribution in [3.63, 3.8) is 0 Å². The molecule has 0 saturated carbocycles. The Bertz CT molecular complexity index is 849. The first-order valence-corrected chi connectivity index (χ1v) is 10.4. The van der Waals surface area contributed by atoms with Crippen LogP contribution in [-0.4, -0.2) is 51.1 Å². The Balaban J connectivity index is 1.77. The molecule has 1 fully saturated rings. The number of nitrogens with one attached hydrogen (secondary N) is 1. The van der Waals surface area contributed by atoms with Crippen molar-refractivity contribution in [3.8, 4) is 0 Å². The van der Waals surface area contributed by atoms with E-state index < -0.39 is 14.9 Å². The van der Waals surface area contributed by atoms with Crippen LogP contribution in [0.15, 0.2) is 46.7 Å². The third-order valence-corrected chi connectivity index (χ3v) is 6.56. The summed E-state index contributed by atoms with van der Waals surface area (Å²) in [5, 5.41) is 12.8. The maximum atomic E-state index is 12.6. The molecule has 0 unspecified atom stereocenters. The predicted molar refractivity (Wildman–Crippen MR) is 97.7 cm³/mol. The summed E-state index contributed by atoms with van der Waals surface area (Å²) in [4.78, 5) is 13.4. The molecule has 1 N–H and O–H groups in total. The number of morpholine rings is 1. The van der Waals surface area contributed by atoms with Crippen LogP contribution in [0.2, 0.25) is 0 Å². The molecule has 0 bridgehead atoms. The fourth-order valence-electron chi connectivity index (χ4n) is 2.82. The lowest BCUT2D eigenvalue weighted by atomic mass is 10.2. The summed E-state index contributed by atoms with van der Waals surface area (Å²) >= 11 is 1.57. The summed E-state index contributed by atoms with van der Waals surface area (Å²) in [7, 11) is -3.85. The van der Waals surface area contributed by atoms with E-state index in [1.54, 1.807) is 11.3 Å². The van der Waals surface area contributed by atoms with Crippen LogP contribution in [0.5, 0.6) is 0 Å². The van der Waals surface area contributed by atoms with Gasteiger partial charge in [-0.3, -0.25) is 15.0 Å². The topological polar surface area (TPSA) is 102 Å². The zero-order valence-corrected chi connectivity index (χ0v) is 15.5. The number of thiophene rings is 1. The number of hydrogen-bond donors (Lipinski definition) is 1. The maximum Gasteiger partial charge on any atom is 0.270 e. The molecule has 0 radical (unpaired) electrons. The smallest absolute Gasteiger partial charge is 0.270 e. The van der Waals surface area contributed by atoms with Gasteiger partial charge in [0.15, 0.2) is 0 Å². The summed E-state index contributed by atoms with van der Waals surface area (Å²) in [5.41, 5.74) is -0.254. The minimum Gasteiger partial charge on any atom is -0.379 e. The van der Waals surface area contributed by atoms with Crippen LogP contribution in [0.4, 0.5) is 5.69 Å². The molecular formula is C16H19N3O5S2. The Kier molecular flexibility index (Phi) is 5.99. The Hall–Kier alpha value is -1.85. The van der Waals surface area contributed by atoms with E-state index in [4.69, 9.17) is 4.74 Å². The number of benzene rings is 1. The van der Waals surface area contributed by atoms with Gasteiger partial charge in [-0.25, -0.2) is 13.1 Å². The van der Waals surface area contributed by atoms with Gasteiger partial charge in [0, 0.05) is 36.6 Å². The van der Waals surface area contributed by atoms with E-state index in [1.165, 1.54) is 18.2 Å². The van der Waals surface area contributed by atoms with E-state index in [-0.39, 0.29) is 23.2 Å². The Morgan fingerprint density at radius 2 is 2.04 bits per heavy atom. The van der Waals surface area contributed by atoms with Crippen molar-refractivity contribution in [3.05, 3.63) is 56.8 Å². The Morgan fingerprint density at radius 3 is 2.69 bits per heavy atom. The van der Waals surface area contributed by atoms with E-state index in [1.807, 2.05) is 17.5 Å². The van der Waals surface area contributed by atoms with Crippen LogP contribution in [-0.2, 0) is 14.8 Å². The summed E-state index contributed by atoms with van der Waals surface area (Å²) in [6.45, 7) is 2.85. The molecule has 1 saturated heterocycles. The van der Waals surface area contributed by atoms with E-state index >= 15 is 0 Å². The molecule has 10 heteroatoms. The van der Waals surface area contributed by atoms with Gasteiger partial charge in [-0.1, -0.05) is 12.1 Å². The molecule has 0 spiro atoms. The van der Waals surface area contributed by atoms with Gasteiger partial charge < -0.3 is 4.74 Å². The average molecular weight is 397 g/mol. The van der Waals surface area contributed by atoms with Crippen LogP contribution >= 0.6 is 11.3 Å². The fourth-order valence-corrected chi connectivity index (χ4v) is 4.75. The molecule has 8 nitrogen and oxygen atoms in total. The van der Waals surface area contributed by atoms with E-state index in [0.717, 1.165) is 24.0 Å². The van der Waals surface area contributed by atoms with Gasteiger partial charge in [-0.15, -0.1) is 11.3 Å². The van der Waals surface area contributed by atoms with Crippen LogP contribution in [0.25, 0.3) is 0 Å². The summed E-state index contributed by atoms with van der Waals surface area (Å²) in [6, 6.07) is 8.86.